The van der Waals surface area contributed by atoms with Crippen molar-refractivity contribution in [3.63, 3.8) is 0 Å². The highest BCUT2D eigenvalue weighted by Crippen LogP contribution is 2.27. The number of nitrogen functional groups attached to an aromatic ring is 1. The molecule has 2 rings (SSSR count). The van der Waals surface area contributed by atoms with E-state index in [2.05, 4.69) is 4.98 Å². The van der Waals surface area contributed by atoms with Crippen LogP contribution in [0.5, 0.6) is 0 Å². The van der Waals surface area contributed by atoms with Crippen LogP contribution in [0, 0.1) is 11.3 Å². The molecule has 0 aliphatic rings. The summed E-state index contributed by atoms with van der Waals surface area (Å²) in [6.45, 7) is 0. The van der Waals surface area contributed by atoms with Gasteiger partial charge in [-0.2, -0.15) is 5.26 Å². The predicted molar refractivity (Wildman–Crippen MR) is 74.8 cm³/mol. The quantitative estimate of drug-likeness (QED) is 0.882. The molecule has 0 amide bonds. The SMILES string of the molecule is CN(c1ccc(C#N)cc1)c1nc(C(=O)O)ccc1N. The highest BCUT2D eigenvalue weighted by Gasteiger charge is 2.13. The van der Waals surface area contributed by atoms with Crippen molar-refractivity contribution in [1.82, 2.24) is 4.98 Å². The van der Waals surface area contributed by atoms with Gasteiger partial charge in [0.15, 0.2) is 11.5 Å². The average Bonchev–Trinajstić information content (AvgIpc) is 2.47. The lowest BCUT2D eigenvalue weighted by atomic mass is 10.2. The maximum absolute atomic E-state index is 10.9. The number of benzene rings is 1. The highest BCUT2D eigenvalue weighted by molar-refractivity contribution is 5.87. The second-order valence-electron chi connectivity index (χ2n) is 4.13. The van der Waals surface area contributed by atoms with E-state index in [1.165, 1.54) is 12.1 Å². The van der Waals surface area contributed by atoms with Gasteiger partial charge in [0, 0.05) is 12.7 Å². The summed E-state index contributed by atoms with van der Waals surface area (Å²) in [7, 11) is 1.73. The number of aromatic nitrogens is 1. The molecule has 0 aliphatic carbocycles. The van der Waals surface area contributed by atoms with Gasteiger partial charge in [-0.1, -0.05) is 0 Å². The average molecular weight is 268 g/mol. The third kappa shape index (κ3) is 2.52. The summed E-state index contributed by atoms with van der Waals surface area (Å²) in [5.41, 5.74) is 7.44. The minimum absolute atomic E-state index is 0.0744. The number of nitrogens with two attached hydrogens (primary N) is 1. The third-order valence-electron chi connectivity index (χ3n) is 2.83. The molecule has 0 saturated heterocycles. The van der Waals surface area contributed by atoms with E-state index in [-0.39, 0.29) is 5.69 Å². The van der Waals surface area contributed by atoms with Crippen molar-refractivity contribution >= 4 is 23.2 Å². The molecule has 0 bridgehead atoms. The Balaban J connectivity index is 2.41. The number of carboxylic acids is 1. The molecule has 0 radical (unpaired) electrons. The molecular weight excluding hydrogens is 256 g/mol. The Morgan fingerprint density at radius 3 is 2.50 bits per heavy atom. The first kappa shape index (κ1) is 13.4. The molecule has 2 aromatic rings. The largest absolute Gasteiger partial charge is 0.477 e. The molecule has 6 heteroatoms. The van der Waals surface area contributed by atoms with Crippen LogP contribution in [0.2, 0.25) is 0 Å². The summed E-state index contributed by atoms with van der Waals surface area (Å²) in [5, 5.41) is 17.7. The molecule has 6 nitrogen and oxygen atoms in total. The number of aromatic carboxylic acids is 1. The maximum Gasteiger partial charge on any atom is 0.354 e. The van der Waals surface area contributed by atoms with E-state index in [9.17, 15) is 4.79 Å². The van der Waals surface area contributed by atoms with Gasteiger partial charge in [-0.3, -0.25) is 0 Å². The second-order valence-corrected chi connectivity index (χ2v) is 4.13. The molecule has 0 fully saturated rings. The molecule has 1 aromatic carbocycles. The van der Waals surface area contributed by atoms with Crippen LogP contribution >= 0.6 is 0 Å². The van der Waals surface area contributed by atoms with E-state index < -0.39 is 5.97 Å². The summed E-state index contributed by atoms with van der Waals surface area (Å²) in [6, 6.07) is 11.7. The number of hydrogen-bond donors (Lipinski definition) is 2. The number of anilines is 3. The molecule has 0 unspecified atom stereocenters. The second kappa shape index (κ2) is 5.28. The zero-order valence-corrected chi connectivity index (χ0v) is 10.7. The van der Waals surface area contributed by atoms with E-state index in [4.69, 9.17) is 16.1 Å². The fraction of sp³-hybridized carbons (Fsp3) is 0.0714. The summed E-state index contributed by atoms with van der Waals surface area (Å²) in [5.74, 6) is -0.755. The normalized spacial score (nSPS) is 9.80. The van der Waals surface area contributed by atoms with Gasteiger partial charge in [-0.15, -0.1) is 0 Å². The fourth-order valence-electron chi connectivity index (χ4n) is 1.73. The van der Waals surface area contributed by atoms with Crippen molar-refractivity contribution in [2.24, 2.45) is 0 Å². The first-order chi connectivity index (χ1) is 9.52. The molecule has 0 spiro atoms. The van der Waals surface area contributed by atoms with Crippen molar-refractivity contribution in [1.29, 1.82) is 5.26 Å². The van der Waals surface area contributed by atoms with Crippen LogP contribution in [0.25, 0.3) is 0 Å². The van der Waals surface area contributed by atoms with Gasteiger partial charge in [0.1, 0.15) is 0 Å². The molecule has 0 atom stereocenters. The minimum atomic E-state index is -1.11. The van der Waals surface area contributed by atoms with E-state index in [1.807, 2.05) is 6.07 Å². The van der Waals surface area contributed by atoms with Crippen LogP contribution in [0.1, 0.15) is 16.1 Å². The molecule has 20 heavy (non-hydrogen) atoms. The van der Waals surface area contributed by atoms with Crippen LogP contribution in [0.15, 0.2) is 36.4 Å². The fourth-order valence-corrected chi connectivity index (χ4v) is 1.73. The third-order valence-corrected chi connectivity index (χ3v) is 2.83. The Bertz CT molecular complexity index is 689. The number of nitrogens with zero attached hydrogens (tertiary/aromatic N) is 3. The Labute approximate surface area is 115 Å². The zero-order valence-electron chi connectivity index (χ0n) is 10.7. The Hall–Kier alpha value is -3.07. The van der Waals surface area contributed by atoms with Crippen molar-refractivity contribution in [2.45, 2.75) is 0 Å². The van der Waals surface area contributed by atoms with Gasteiger partial charge < -0.3 is 15.7 Å². The van der Waals surface area contributed by atoms with Gasteiger partial charge in [0.05, 0.1) is 17.3 Å². The van der Waals surface area contributed by atoms with Gasteiger partial charge in [-0.25, -0.2) is 9.78 Å². The number of carboxylic acid groups (broad SMARTS) is 1. The van der Waals surface area contributed by atoms with Crippen LogP contribution in [0.3, 0.4) is 0 Å². The Kier molecular flexibility index (Phi) is 3.53. The summed E-state index contributed by atoms with van der Waals surface area (Å²) < 4.78 is 0. The van der Waals surface area contributed by atoms with E-state index in [0.717, 1.165) is 5.69 Å². The van der Waals surface area contributed by atoms with Crippen molar-refractivity contribution < 1.29 is 9.90 Å². The maximum atomic E-state index is 10.9. The topological polar surface area (TPSA) is 103 Å². The first-order valence-electron chi connectivity index (χ1n) is 5.76. The smallest absolute Gasteiger partial charge is 0.354 e. The monoisotopic (exact) mass is 268 g/mol. The number of hydrogen-bond acceptors (Lipinski definition) is 5. The van der Waals surface area contributed by atoms with Crippen molar-refractivity contribution in [3.05, 3.63) is 47.7 Å². The van der Waals surface area contributed by atoms with Gasteiger partial charge in [0.25, 0.3) is 0 Å². The number of rotatable bonds is 3. The molecule has 0 saturated carbocycles. The van der Waals surface area contributed by atoms with E-state index >= 15 is 0 Å². The van der Waals surface area contributed by atoms with Crippen LogP contribution in [-0.4, -0.2) is 23.1 Å². The predicted octanol–water partition coefficient (Wildman–Crippen LogP) is 2.00. The standard InChI is InChI=1S/C14H12N4O2/c1-18(10-4-2-9(8-15)3-5-10)13-11(16)6-7-12(17-13)14(19)20/h2-7H,16H2,1H3,(H,19,20). The van der Waals surface area contributed by atoms with Crippen LogP contribution in [0.4, 0.5) is 17.2 Å². The van der Waals surface area contributed by atoms with Crippen LogP contribution < -0.4 is 10.6 Å². The van der Waals surface area contributed by atoms with Crippen molar-refractivity contribution in [2.75, 3.05) is 17.7 Å². The Morgan fingerprint density at radius 1 is 1.30 bits per heavy atom. The van der Waals surface area contributed by atoms with Crippen molar-refractivity contribution in [3.8, 4) is 6.07 Å². The summed E-state index contributed by atoms with van der Waals surface area (Å²) >= 11 is 0. The summed E-state index contributed by atoms with van der Waals surface area (Å²) in [6.07, 6.45) is 0. The number of carbonyl (C=O) groups is 1. The molecule has 0 aliphatic heterocycles. The van der Waals surface area contributed by atoms with Gasteiger partial charge in [-0.05, 0) is 36.4 Å². The Morgan fingerprint density at radius 2 is 1.95 bits per heavy atom. The lowest BCUT2D eigenvalue weighted by molar-refractivity contribution is 0.0690. The van der Waals surface area contributed by atoms with Crippen LogP contribution in [-0.2, 0) is 0 Å². The van der Waals surface area contributed by atoms with Gasteiger partial charge in [0.2, 0.25) is 0 Å². The highest BCUT2D eigenvalue weighted by atomic mass is 16.4. The first-order valence-corrected chi connectivity index (χ1v) is 5.76. The van der Waals surface area contributed by atoms with E-state index in [0.29, 0.717) is 17.1 Å². The number of nitriles is 1. The molecular formula is C14H12N4O2. The molecule has 3 N–H and O–H groups in total. The summed E-state index contributed by atoms with van der Waals surface area (Å²) in [4.78, 5) is 16.6. The molecule has 1 heterocycles. The van der Waals surface area contributed by atoms with E-state index in [1.54, 1.807) is 36.2 Å². The minimum Gasteiger partial charge on any atom is -0.477 e. The lowest BCUT2D eigenvalue weighted by Gasteiger charge is -2.20. The van der Waals surface area contributed by atoms with Gasteiger partial charge >= 0.3 is 5.97 Å². The molecule has 1 aromatic heterocycles. The number of pyridine rings is 1. The molecule has 100 valence electrons. The lowest BCUT2D eigenvalue weighted by Crippen LogP contribution is -2.15. The zero-order chi connectivity index (χ0) is 14.7.